The fourth-order valence-corrected chi connectivity index (χ4v) is 2.78. The molecule has 2 N–H and O–H groups in total. The molecule has 2 rings (SSSR count). The molecule has 7 heteroatoms. The van der Waals surface area contributed by atoms with Crippen LogP contribution in [0.1, 0.15) is 11.1 Å². The van der Waals surface area contributed by atoms with Crippen LogP contribution in [0.5, 0.6) is 0 Å². The molecule has 0 radical (unpaired) electrons. The van der Waals surface area contributed by atoms with E-state index in [2.05, 4.69) is 63.8 Å². The van der Waals surface area contributed by atoms with E-state index in [4.69, 9.17) is 4.74 Å². The summed E-state index contributed by atoms with van der Waals surface area (Å²) in [6.45, 7) is 7.35. The van der Waals surface area contributed by atoms with Crippen LogP contribution in [0.4, 0.5) is 0 Å². The van der Waals surface area contributed by atoms with Gasteiger partial charge in [0, 0.05) is 46.3 Å². The van der Waals surface area contributed by atoms with Gasteiger partial charge >= 0.3 is 0 Å². The highest BCUT2D eigenvalue weighted by Crippen LogP contribution is 2.10. The zero-order valence-electron chi connectivity index (χ0n) is 15.6. The van der Waals surface area contributed by atoms with Gasteiger partial charge in [0.25, 0.3) is 0 Å². The first kappa shape index (κ1) is 22.1. The third-order valence-electron chi connectivity index (χ3n) is 4.10. The third kappa shape index (κ3) is 8.35. The van der Waals surface area contributed by atoms with E-state index < -0.39 is 0 Å². The van der Waals surface area contributed by atoms with Crippen molar-refractivity contribution in [3.05, 3.63) is 35.4 Å². The largest absolute Gasteiger partial charge is 0.379 e. The lowest BCUT2D eigenvalue weighted by molar-refractivity contribution is 0.0389. The van der Waals surface area contributed by atoms with Gasteiger partial charge < -0.3 is 20.3 Å². The Hall–Kier alpha value is -0.900. The van der Waals surface area contributed by atoms with Crippen LogP contribution in [0, 0.1) is 0 Å². The lowest BCUT2D eigenvalue weighted by Crippen LogP contribution is -2.44. The maximum absolute atomic E-state index is 5.37. The van der Waals surface area contributed by atoms with Gasteiger partial charge in [-0.1, -0.05) is 24.3 Å². The van der Waals surface area contributed by atoms with Gasteiger partial charge in [-0.15, -0.1) is 24.0 Å². The Morgan fingerprint density at radius 3 is 2.48 bits per heavy atom. The van der Waals surface area contributed by atoms with Crippen LogP contribution >= 0.6 is 24.0 Å². The predicted octanol–water partition coefficient (Wildman–Crippen LogP) is 1.36. The number of nitrogens with one attached hydrogen (secondary N) is 2. The number of ether oxygens (including phenoxy) is 1. The molecule has 1 fully saturated rings. The molecule has 1 aliphatic rings. The number of morpholine rings is 1. The van der Waals surface area contributed by atoms with Crippen molar-refractivity contribution in [2.24, 2.45) is 4.99 Å². The van der Waals surface area contributed by atoms with E-state index in [9.17, 15) is 0 Å². The summed E-state index contributed by atoms with van der Waals surface area (Å²) in [7, 11) is 6.00. The molecule has 1 heterocycles. The minimum Gasteiger partial charge on any atom is -0.379 e. The van der Waals surface area contributed by atoms with Crippen LogP contribution in [0.3, 0.4) is 0 Å². The Morgan fingerprint density at radius 1 is 1.16 bits per heavy atom. The molecule has 1 saturated heterocycles. The highest BCUT2D eigenvalue weighted by atomic mass is 127. The van der Waals surface area contributed by atoms with Crippen LogP contribution in [-0.2, 0) is 17.8 Å². The van der Waals surface area contributed by atoms with Gasteiger partial charge in [-0.3, -0.25) is 9.89 Å². The highest BCUT2D eigenvalue weighted by molar-refractivity contribution is 14.0. The molecule has 0 atom stereocenters. The zero-order chi connectivity index (χ0) is 17.2. The van der Waals surface area contributed by atoms with E-state index in [-0.39, 0.29) is 24.0 Å². The van der Waals surface area contributed by atoms with Crippen molar-refractivity contribution >= 4 is 29.9 Å². The van der Waals surface area contributed by atoms with Gasteiger partial charge in [-0.25, -0.2) is 0 Å². The molecule has 142 valence electrons. The number of rotatable bonds is 7. The van der Waals surface area contributed by atoms with Crippen molar-refractivity contribution in [1.29, 1.82) is 0 Å². The third-order valence-corrected chi connectivity index (χ3v) is 4.10. The van der Waals surface area contributed by atoms with Crippen LogP contribution in [0.15, 0.2) is 29.3 Å². The summed E-state index contributed by atoms with van der Waals surface area (Å²) in [6, 6.07) is 8.54. The van der Waals surface area contributed by atoms with Gasteiger partial charge in [-0.2, -0.15) is 0 Å². The Kier molecular flexibility index (Phi) is 11.0. The molecule has 25 heavy (non-hydrogen) atoms. The molecule has 1 aromatic rings. The SMILES string of the molecule is CN=C(NCCN1CCOCC1)NCc1ccccc1CN(C)C.I. The summed E-state index contributed by atoms with van der Waals surface area (Å²) in [5, 5.41) is 6.81. The first-order chi connectivity index (χ1) is 11.7. The monoisotopic (exact) mass is 461 g/mol. The maximum atomic E-state index is 5.37. The number of halogens is 1. The molecule has 0 spiro atoms. The van der Waals surface area contributed by atoms with E-state index in [1.165, 1.54) is 11.1 Å². The fourth-order valence-electron chi connectivity index (χ4n) is 2.78. The second-order valence-corrected chi connectivity index (χ2v) is 6.31. The van der Waals surface area contributed by atoms with E-state index in [0.717, 1.165) is 58.4 Å². The lowest BCUT2D eigenvalue weighted by atomic mass is 10.1. The molecule has 0 saturated carbocycles. The first-order valence-corrected chi connectivity index (χ1v) is 8.65. The van der Waals surface area contributed by atoms with Crippen molar-refractivity contribution in [2.75, 3.05) is 60.5 Å². The lowest BCUT2D eigenvalue weighted by Gasteiger charge is -2.26. The Morgan fingerprint density at radius 2 is 1.84 bits per heavy atom. The zero-order valence-corrected chi connectivity index (χ0v) is 18.0. The van der Waals surface area contributed by atoms with Crippen molar-refractivity contribution in [3.8, 4) is 0 Å². The Balaban J connectivity index is 0.00000312. The minimum atomic E-state index is 0. The summed E-state index contributed by atoms with van der Waals surface area (Å²) in [4.78, 5) is 8.92. The highest BCUT2D eigenvalue weighted by Gasteiger charge is 2.10. The molecule has 6 nitrogen and oxygen atoms in total. The predicted molar refractivity (Wildman–Crippen MR) is 115 cm³/mol. The normalized spacial score (nSPS) is 15.8. The number of hydrogen-bond donors (Lipinski definition) is 2. The number of guanidine groups is 1. The second kappa shape index (κ2) is 12.5. The molecule has 0 amide bonds. The van der Waals surface area contributed by atoms with Crippen LogP contribution in [-0.4, -0.2) is 76.3 Å². The average molecular weight is 461 g/mol. The van der Waals surface area contributed by atoms with Gasteiger partial charge in [0.1, 0.15) is 0 Å². The smallest absolute Gasteiger partial charge is 0.191 e. The van der Waals surface area contributed by atoms with E-state index in [1.807, 2.05) is 7.05 Å². The number of aliphatic imine (C=N–C) groups is 1. The second-order valence-electron chi connectivity index (χ2n) is 6.31. The molecule has 1 aliphatic heterocycles. The summed E-state index contributed by atoms with van der Waals surface area (Å²) < 4.78 is 5.37. The Bertz CT molecular complexity index is 518. The fraction of sp³-hybridized carbons (Fsp3) is 0.611. The van der Waals surface area contributed by atoms with Gasteiger partial charge in [0.15, 0.2) is 5.96 Å². The van der Waals surface area contributed by atoms with E-state index >= 15 is 0 Å². The number of nitrogens with zero attached hydrogens (tertiary/aromatic N) is 3. The average Bonchev–Trinajstić information content (AvgIpc) is 2.59. The summed E-state index contributed by atoms with van der Waals surface area (Å²) in [6.07, 6.45) is 0. The molecular weight excluding hydrogens is 429 g/mol. The minimum absolute atomic E-state index is 0. The molecule has 0 aliphatic carbocycles. The molecule has 0 aromatic heterocycles. The van der Waals surface area contributed by atoms with Crippen molar-refractivity contribution < 1.29 is 4.74 Å². The first-order valence-electron chi connectivity index (χ1n) is 8.65. The standard InChI is InChI=1S/C18H31N5O.HI/c1-19-18(20-8-9-23-10-12-24-13-11-23)21-14-16-6-4-5-7-17(16)15-22(2)3;/h4-7H,8-15H2,1-3H3,(H2,19,20,21);1H. The molecule has 0 bridgehead atoms. The Labute approximate surface area is 169 Å². The topological polar surface area (TPSA) is 52.1 Å². The van der Waals surface area contributed by atoms with Gasteiger partial charge in [0.2, 0.25) is 0 Å². The number of benzene rings is 1. The molecule has 0 unspecified atom stereocenters. The quantitative estimate of drug-likeness (QED) is 0.365. The summed E-state index contributed by atoms with van der Waals surface area (Å²) in [5.41, 5.74) is 2.65. The van der Waals surface area contributed by atoms with Crippen molar-refractivity contribution in [2.45, 2.75) is 13.1 Å². The van der Waals surface area contributed by atoms with Crippen LogP contribution in [0.25, 0.3) is 0 Å². The van der Waals surface area contributed by atoms with Gasteiger partial charge in [-0.05, 0) is 25.2 Å². The van der Waals surface area contributed by atoms with Crippen LogP contribution < -0.4 is 10.6 Å². The van der Waals surface area contributed by atoms with Crippen LogP contribution in [0.2, 0.25) is 0 Å². The van der Waals surface area contributed by atoms with Gasteiger partial charge in [0.05, 0.1) is 13.2 Å². The summed E-state index contributed by atoms with van der Waals surface area (Å²) in [5.74, 6) is 0.850. The summed E-state index contributed by atoms with van der Waals surface area (Å²) >= 11 is 0. The van der Waals surface area contributed by atoms with E-state index in [1.54, 1.807) is 0 Å². The van der Waals surface area contributed by atoms with E-state index in [0.29, 0.717) is 0 Å². The van der Waals surface area contributed by atoms with Crippen molar-refractivity contribution in [3.63, 3.8) is 0 Å². The van der Waals surface area contributed by atoms with Crippen molar-refractivity contribution in [1.82, 2.24) is 20.4 Å². The molecular formula is C18H32IN5O. The maximum Gasteiger partial charge on any atom is 0.191 e. The molecule has 1 aromatic carbocycles. The number of hydrogen-bond acceptors (Lipinski definition) is 4.